The predicted molar refractivity (Wildman–Crippen MR) is 79.4 cm³/mol. The molecule has 1 aromatic rings. The highest BCUT2D eigenvalue weighted by Crippen LogP contribution is 2.25. The second kappa shape index (κ2) is 6.37. The maximum absolute atomic E-state index is 12.8. The first-order valence-corrected chi connectivity index (χ1v) is 7.19. The number of likely N-dealkylation sites (tertiary alicyclic amines) is 1. The first kappa shape index (κ1) is 15.0. The molecule has 0 saturated carbocycles. The molecule has 1 atom stereocenters. The van der Waals surface area contributed by atoms with Gasteiger partial charge in [0.2, 0.25) is 5.91 Å². The highest BCUT2D eigenvalue weighted by Gasteiger charge is 2.30. The number of piperidine rings is 1. The molecule has 1 heterocycles. The number of likely N-dealkylation sites (N-methyl/N-ethyl adjacent to an activating group) is 1. The number of hydrogen-bond donors (Lipinski definition) is 1. The molecule has 4 heteroatoms. The lowest BCUT2D eigenvalue weighted by Crippen LogP contribution is -2.45. The summed E-state index contributed by atoms with van der Waals surface area (Å²) in [5, 5.41) is 9.57. The van der Waals surface area contributed by atoms with E-state index in [1.54, 1.807) is 0 Å². The summed E-state index contributed by atoms with van der Waals surface area (Å²) in [6, 6.07) is 7.79. The van der Waals surface area contributed by atoms with Crippen LogP contribution in [0.1, 0.15) is 30.0 Å². The van der Waals surface area contributed by atoms with Crippen molar-refractivity contribution in [3.05, 3.63) is 35.4 Å². The van der Waals surface area contributed by atoms with Crippen molar-refractivity contribution in [3.8, 4) is 0 Å². The smallest absolute Gasteiger partial charge is 0.244 e. The third kappa shape index (κ3) is 3.19. The van der Waals surface area contributed by atoms with Gasteiger partial charge in [0.25, 0.3) is 0 Å². The normalized spacial score (nSPS) is 18.4. The monoisotopic (exact) mass is 276 g/mol. The van der Waals surface area contributed by atoms with Crippen LogP contribution in [-0.2, 0) is 4.79 Å². The number of aliphatic hydroxyl groups is 1. The topological polar surface area (TPSA) is 43.8 Å². The van der Waals surface area contributed by atoms with Gasteiger partial charge in [-0.25, -0.2) is 0 Å². The maximum Gasteiger partial charge on any atom is 0.244 e. The van der Waals surface area contributed by atoms with Crippen LogP contribution in [0.4, 0.5) is 0 Å². The van der Waals surface area contributed by atoms with Crippen LogP contribution in [0.5, 0.6) is 0 Å². The Kier molecular flexibility index (Phi) is 4.78. The fraction of sp³-hybridized carbons (Fsp3) is 0.562. The van der Waals surface area contributed by atoms with Crippen molar-refractivity contribution < 1.29 is 9.90 Å². The molecule has 0 radical (unpaired) electrons. The van der Waals surface area contributed by atoms with Crippen molar-refractivity contribution in [2.45, 2.75) is 31.9 Å². The molecule has 0 unspecified atom stereocenters. The summed E-state index contributed by atoms with van der Waals surface area (Å²) in [5.41, 5.74) is 2.20. The Bertz CT molecular complexity index is 465. The number of carbonyl (C=O) groups is 1. The van der Waals surface area contributed by atoms with Gasteiger partial charge in [0.05, 0.1) is 6.10 Å². The first-order valence-electron chi connectivity index (χ1n) is 7.19. The quantitative estimate of drug-likeness (QED) is 0.911. The van der Waals surface area contributed by atoms with Gasteiger partial charge in [0.1, 0.15) is 6.04 Å². The third-order valence-electron chi connectivity index (χ3n) is 4.01. The van der Waals surface area contributed by atoms with Crippen LogP contribution in [0.2, 0.25) is 0 Å². The number of hydrogen-bond acceptors (Lipinski definition) is 3. The van der Waals surface area contributed by atoms with Crippen molar-refractivity contribution in [1.29, 1.82) is 0 Å². The second-order valence-electron chi connectivity index (χ2n) is 5.78. The van der Waals surface area contributed by atoms with E-state index in [2.05, 4.69) is 0 Å². The molecule has 110 valence electrons. The molecule has 2 rings (SSSR count). The summed E-state index contributed by atoms with van der Waals surface area (Å²) in [5.74, 6) is 0.135. The van der Waals surface area contributed by atoms with Crippen molar-refractivity contribution in [3.63, 3.8) is 0 Å². The molecule has 20 heavy (non-hydrogen) atoms. The molecule has 1 aromatic carbocycles. The van der Waals surface area contributed by atoms with E-state index < -0.39 is 0 Å². The van der Waals surface area contributed by atoms with Crippen LogP contribution in [0, 0.1) is 6.92 Å². The summed E-state index contributed by atoms with van der Waals surface area (Å²) in [6.07, 6.45) is 1.11. The van der Waals surface area contributed by atoms with Gasteiger partial charge in [0, 0.05) is 13.1 Å². The molecule has 1 fully saturated rings. The molecule has 1 amide bonds. The van der Waals surface area contributed by atoms with Gasteiger partial charge in [-0.1, -0.05) is 24.3 Å². The Morgan fingerprint density at radius 1 is 1.30 bits per heavy atom. The van der Waals surface area contributed by atoms with Crippen LogP contribution < -0.4 is 0 Å². The summed E-state index contributed by atoms with van der Waals surface area (Å²) in [6.45, 7) is 3.34. The summed E-state index contributed by atoms with van der Waals surface area (Å²) in [4.78, 5) is 16.6. The highest BCUT2D eigenvalue weighted by atomic mass is 16.3. The van der Waals surface area contributed by atoms with Crippen LogP contribution >= 0.6 is 0 Å². The van der Waals surface area contributed by atoms with E-state index in [4.69, 9.17) is 0 Å². The molecule has 1 saturated heterocycles. The SMILES string of the molecule is Cc1ccccc1[C@H](C(=O)N1CCC(O)CC1)N(C)C. The number of nitrogens with zero attached hydrogens (tertiary/aromatic N) is 2. The van der Waals surface area contributed by atoms with E-state index in [0.29, 0.717) is 25.9 Å². The van der Waals surface area contributed by atoms with Crippen LogP contribution in [0.15, 0.2) is 24.3 Å². The molecule has 0 bridgehead atoms. The first-order chi connectivity index (χ1) is 9.50. The average molecular weight is 276 g/mol. The average Bonchev–Trinajstić information content (AvgIpc) is 2.41. The van der Waals surface area contributed by atoms with Gasteiger partial charge in [-0.2, -0.15) is 0 Å². The minimum atomic E-state index is -0.254. The number of benzene rings is 1. The van der Waals surface area contributed by atoms with Gasteiger partial charge >= 0.3 is 0 Å². The van der Waals surface area contributed by atoms with E-state index in [9.17, 15) is 9.90 Å². The second-order valence-corrected chi connectivity index (χ2v) is 5.78. The lowest BCUT2D eigenvalue weighted by atomic mass is 9.98. The molecular weight excluding hydrogens is 252 g/mol. The van der Waals surface area contributed by atoms with Crippen LogP contribution in [0.25, 0.3) is 0 Å². The van der Waals surface area contributed by atoms with Gasteiger partial charge in [-0.3, -0.25) is 9.69 Å². The minimum Gasteiger partial charge on any atom is -0.393 e. The van der Waals surface area contributed by atoms with Crippen LogP contribution in [0.3, 0.4) is 0 Å². The van der Waals surface area contributed by atoms with Gasteiger partial charge in [-0.05, 0) is 45.0 Å². The lowest BCUT2D eigenvalue weighted by molar-refractivity contribution is -0.138. The Morgan fingerprint density at radius 2 is 1.90 bits per heavy atom. The molecule has 1 aliphatic heterocycles. The van der Waals surface area contributed by atoms with E-state index in [1.165, 1.54) is 0 Å². The van der Waals surface area contributed by atoms with E-state index in [0.717, 1.165) is 11.1 Å². The van der Waals surface area contributed by atoms with E-state index in [-0.39, 0.29) is 18.1 Å². The summed E-state index contributed by atoms with van der Waals surface area (Å²) >= 11 is 0. The van der Waals surface area contributed by atoms with Crippen LogP contribution in [-0.4, -0.2) is 54.1 Å². The number of amides is 1. The molecule has 0 spiro atoms. The lowest BCUT2D eigenvalue weighted by Gasteiger charge is -2.35. The van der Waals surface area contributed by atoms with Gasteiger partial charge in [0.15, 0.2) is 0 Å². The molecule has 4 nitrogen and oxygen atoms in total. The van der Waals surface area contributed by atoms with Crippen molar-refractivity contribution in [2.75, 3.05) is 27.2 Å². The summed E-state index contributed by atoms with van der Waals surface area (Å²) < 4.78 is 0. The van der Waals surface area contributed by atoms with Crippen molar-refractivity contribution in [1.82, 2.24) is 9.80 Å². The molecule has 0 aliphatic carbocycles. The van der Waals surface area contributed by atoms with Crippen molar-refractivity contribution in [2.24, 2.45) is 0 Å². The number of aryl methyl sites for hydroxylation is 1. The van der Waals surface area contributed by atoms with E-state index >= 15 is 0 Å². The zero-order valence-corrected chi connectivity index (χ0v) is 12.5. The van der Waals surface area contributed by atoms with Crippen molar-refractivity contribution >= 4 is 5.91 Å². The third-order valence-corrected chi connectivity index (χ3v) is 4.01. The fourth-order valence-corrected chi connectivity index (χ4v) is 2.78. The zero-order chi connectivity index (χ0) is 14.7. The highest BCUT2D eigenvalue weighted by molar-refractivity contribution is 5.83. The molecule has 1 aliphatic rings. The Labute approximate surface area is 121 Å². The molecule has 1 N–H and O–H groups in total. The number of aliphatic hydroxyl groups excluding tert-OH is 1. The number of rotatable bonds is 3. The number of carbonyl (C=O) groups excluding carboxylic acids is 1. The summed E-state index contributed by atoms with van der Waals surface area (Å²) in [7, 11) is 3.88. The van der Waals surface area contributed by atoms with Gasteiger partial charge < -0.3 is 10.0 Å². The van der Waals surface area contributed by atoms with Gasteiger partial charge in [-0.15, -0.1) is 0 Å². The maximum atomic E-state index is 12.8. The Morgan fingerprint density at radius 3 is 2.45 bits per heavy atom. The zero-order valence-electron chi connectivity index (χ0n) is 12.5. The standard InChI is InChI=1S/C16H24N2O2/c1-12-6-4-5-7-14(12)15(17(2)3)16(20)18-10-8-13(19)9-11-18/h4-7,13,15,19H,8-11H2,1-3H3/t15-/m1/s1. The fourth-order valence-electron chi connectivity index (χ4n) is 2.78. The molecule has 0 aromatic heterocycles. The van der Waals surface area contributed by atoms with E-state index in [1.807, 2.05) is 55.1 Å². The predicted octanol–water partition coefficient (Wildman–Crippen LogP) is 1.58. The Balaban J connectivity index is 2.21. The minimum absolute atomic E-state index is 0.135. The molecular formula is C16H24N2O2. The Hall–Kier alpha value is -1.39. The largest absolute Gasteiger partial charge is 0.393 e.